The molecule has 0 atom stereocenters. The van der Waals surface area contributed by atoms with Crippen molar-refractivity contribution in [3.63, 3.8) is 0 Å². The van der Waals surface area contributed by atoms with Crippen LogP contribution >= 0.6 is 0 Å². The van der Waals surface area contributed by atoms with Gasteiger partial charge >= 0.3 is 0 Å². The van der Waals surface area contributed by atoms with E-state index in [9.17, 15) is 9.59 Å². The number of anilines is 1. The number of ether oxygens (including phenoxy) is 2. The van der Waals surface area contributed by atoms with Gasteiger partial charge in [0, 0.05) is 18.7 Å². The van der Waals surface area contributed by atoms with Crippen molar-refractivity contribution in [3.05, 3.63) is 65.7 Å². The molecule has 0 aliphatic carbocycles. The quantitative estimate of drug-likeness (QED) is 0.676. The van der Waals surface area contributed by atoms with Crippen molar-refractivity contribution in [2.45, 2.75) is 19.4 Å². The Hall–Kier alpha value is -3.54. The van der Waals surface area contributed by atoms with E-state index < -0.39 is 0 Å². The lowest BCUT2D eigenvalue weighted by Gasteiger charge is -2.17. The number of carbonyl (C=O) groups excluding carboxylic acids is 2. The number of hydrogen-bond donors (Lipinski definition) is 2. The van der Waals surface area contributed by atoms with Gasteiger partial charge in [0.15, 0.2) is 6.61 Å². The Balaban J connectivity index is 1.31. The van der Waals surface area contributed by atoms with Crippen LogP contribution in [0.1, 0.15) is 17.5 Å². The Morgan fingerprint density at radius 2 is 1.79 bits per heavy atom. The smallest absolute Gasteiger partial charge is 0.258 e. The standard InChI is InChI=1S/C23H22N2O4/c1-28-19-6-4-16-10-15(2-3-17(16)11-19)13-24-23(27)14-29-20-7-8-21-18(12-20)5-9-22(26)25-21/h2-4,6-8,10-12H,5,9,13-14H2,1H3,(H,24,27)(H,25,26). The highest BCUT2D eigenvalue weighted by molar-refractivity contribution is 5.94. The summed E-state index contributed by atoms with van der Waals surface area (Å²) in [6.45, 7) is 0.371. The minimum Gasteiger partial charge on any atom is -0.497 e. The molecule has 148 valence electrons. The van der Waals surface area contributed by atoms with Crippen LogP contribution in [0.4, 0.5) is 5.69 Å². The summed E-state index contributed by atoms with van der Waals surface area (Å²) < 4.78 is 10.8. The number of amides is 2. The van der Waals surface area contributed by atoms with Crippen LogP contribution in [-0.2, 0) is 22.6 Å². The minimum absolute atomic E-state index is 0.0263. The summed E-state index contributed by atoms with van der Waals surface area (Å²) >= 11 is 0. The maximum absolute atomic E-state index is 12.2. The van der Waals surface area contributed by atoms with Gasteiger partial charge in [0.2, 0.25) is 5.91 Å². The molecule has 0 unspecified atom stereocenters. The Morgan fingerprint density at radius 3 is 2.66 bits per heavy atom. The molecule has 1 heterocycles. The maximum atomic E-state index is 12.2. The lowest BCUT2D eigenvalue weighted by Crippen LogP contribution is -2.28. The summed E-state index contributed by atoms with van der Waals surface area (Å²) in [6.07, 6.45) is 1.15. The molecule has 6 nitrogen and oxygen atoms in total. The number of nitrogens with one attached hydrogen (secondary N) is 2. The maximum Gasteiger partial charge on any atom is 0.258 e. The third-order valence-electron chi connectivity index (χ3n) is 4.94. The highest BCUT2D eigenvalue weighted by Gasteiger charge is 2.15. The summed E-state index contributed by atoms with van der Waals surface area (Å²) in [5, 5.41) is 7.89. The summed E-state index contributed by atoms with van der Waals surface area (Å²) in [6, 6.07) is 17.4. The molecule has 0 spiro atoms. The van der Waals surface area contributed by atoms with Crippen LogP contribution in [0.5, 0.6) is 11.5 Å². The van der Waals surface area contributed by atoms with E-state index in [1.807, 2.05) is 48.5 Å². The first-order valence-electron chi connectivity index (χ1n) is 9.50. The van der Waals surface area contributed by atoms with Gasteiger partial charge in [-0.3, -0.25) is 9.59 Å². The number of benzene rings is 3. The average molecular weight is 390 g/mol. The summed E-state index contributed by atoms with van der Waals surface area (Å²) in [7, 11) is 1.65. The van der Waals surface area contributed by atoms with E-state index in [2.05, 4.69) is 10.6 Å². The van der Waals surface area contributed by atoms with Gasteiger partial charge in [-0.15, -0.1) is 0 Å². The van der Waals surface area contributed by atoms with Gasteiger partial charge < -0.3 is 20.1 Å². The van der Waals surface area contributed by atoms with Crippen LogP contribution < -0.4 is 20.1 Å². The molecule has 2 N–H and O–H groups in total. The normalized spacial score (nSPS) is 12.8. The van der Waals surface area contributed by atoms with Crippen molar-refractivity contribution in [1.29, 1.82) is 0 Å². The Labute approximate surface area is 168 Å². The second kappa shape index (κ2) is 8.22. The Bertz CT molecular complexity index is 1080. The van der Waals surface area contributed by atoms with Crippen LogP contribution in [0.25, 0.3) is 10.8 Å². The molecule has 2 amide bonds. The molecule has 1 aliphatic heterocycles. The first-order valence-corrected chi connectivity index (χ1v) is 9.50. The zero-order chi connectivity index (χ0) is 20.2. The molecule has 0 saturated heterocycles. The summed E-state index contributed by atoms with van der Waals surface area (Å²) in [5.74, 6) is 1.28. The highest BCUT2D eigenvalue weighted by atomic mass is 16.5. The number of aryl methyl sites for hydroxylation is 1. The lowest BCUT2D eigenvalue weighted by atomic mass is 10.0. The fourth-order valence-corrected chi connectivity index (χ4v) is 3.36. The highest BCUT2D eigenvalue weighted by Crippen LogP contribution is 2.26. The van der Waals surface area contributed by atoms with Crippen LogP contribution in [0.3, 0.4) is 0 Å². The third-order valence-corrected chi connectivity index (χ3v) is 4.94. The van der Waals surface area contributed by atoms with E-state index in [4.69, 9.17) is 9.47 Å². The average Bonchev–Trinajstić information content (AvgIpc) is 2.75. The third kappa shape index (κ3) is 4.48. The van der Waals surface area contributed by atoms with Crippen molar-refractivity contribution in [2.24, 2.45) is 0 Å². The van der Waals surface area contributed by atoms with Crippen molar-refractivity contribution < 1.29 is 19.1 Å². The molecule has 4 rings (SSSR count). The molecular formula is C23H22N2O4. The molecule has 3 aromatic carbocycles. The molecule has 3 aromatic rings. The molecule has 1 aliphatic rings. The van der Waals surface area contributed by atoms with Crippen molar-refractivity contribution in [1.82, 2.24) is 5.32 Å². The number of fused-ring (bicyclic) bond motifs is 2. The zero-order valence-electron chi connectivity index (χ0n) is 16.2. The van der Waals surface area contributed by atoms with E-state index >= 15 is 0 Å². The topological polar surface area (TPSA) is 76.7 Å². The molecule has 29 heavy (non-hydrogen) atoms. The minimum atomic E-state index is -0.189. The summed E-state index contributed by atoms with van der Waals surface area (Å²) in [4.78, 5) is 23.6. The fourth-order valence-electron chi connectivity index (χ4n) is 3.36. The number of hydrogen-bond acceptors (Lipinski definition) is 4. The van der Waals surface area contributed by atoms with Crippen molar-refractivity contribution in [2.75, 3.05) is 19.0 Å². The zero-order valence-corrected chi connectivity index (χ0v) is 16.2. The second-order valence-corrected chi connectivity index (χ2v) is 6.98. The van der Waals surface area contributed by atoms with Crippen molar-refractivity contribution >= 4 is 28.3 Å². The van der Waals surface area contributed by atoms with Gasteiger partial charge in [-0.25, -0.2) is 0 Å². The van der Waals surface area contributed by atoms with Crippen LogP contribution in [0, 0.1) is 0 Å². The summed E-state index contributed by atoms with van der Waals surface area (Å²) in [5.41, 5.74) is 2.85. The molecule has 0 radical (unpaired) electrons. The second-order valence-electron chi connectivity index (χ2n) is 6.98. The van der Waals surface area contributed by atoms with Crippen LogP contribution in [0.2, 0.25) is 0 Å². The molecule has 0 bridgehead atoms. The number of methoxy groups -OCH3 is 1. The van der Waals surface area contributed by atoms with E-state index in [1.54, 1.807) is 13.2 Å². The van der Waals surface area contributed by atoms with Gasteiger partial charge in [0.25, 0.3) is 5.91 Å². The van der Waals surface area contributed by atoms with Crippen molar-refractivity contribution in [3.8, 4) is 11.5 Å². The predicted octanol–water partition coefficient (Wildman–Crippen LogP) is 3.43. The van der Waals surface area contributed by atoms with E-state index in [0.29, 0.717) is 25.1 Å². The largest absolute Gasteiger partial charge is 0.497 e. The van der Waals surface area contributed by atoms with Gasteiger partial charge in [-0.2, -0.15) is 0 Å². The predicted molar refractivity (Wildman–Crippen MR) is 111 cm³/mol. The first-order chi connectivity index (χ1) is 14.1. The van der Waals surface area contributed by atoms with Crippen LogP contribution in [-0.4, -0.2) is 25.5 Å². The van der Waals surface area contributed by atoms with E-state index in [0.717, 1.165) is 33.3 Å². The van der Waals surface area contributed by atoms with Gasteiger partial charge in [0.1, 0.15) is 11.5 Å². The number of rotatable bonds is 6. The van der Waals surface area contributed by atoms with E-state index in [1.165, 1.54) is 0 Å². The molecular weight excluding hydrogens is 368 g/mol. The fraction of sp³-hybridized carbons (Fsp3) is 0.217. The van der Waals surface area contributed by atoms with Gasteiger partial charge in [-0.05, 0) is 64.7 Å². The number of carbonyl (C=O) groups is 2. The molecule has 0 saturated carbocycles. The molecule has 0 aromatic heterocycles. The van der Waals surface area contributed by atoms with Gasteiger partial charge in [-0.1, -0.05) is 18.2 Å². The lowest BCUT2D eigenvalue weighted by molar-refractivity contribution is -0.123. The molecule has 6 heteroatoms. The molecule has 0 fully saturated rings. The van der Waals surface area contributed by atoms with E-state index in [-0.39, 0.29) is 18.4 Å². The van der Waals surface area contributed by atoms with Gasteiger partial charge in [0.05, 0.1) is 7.11 Å². The SMILES string of the molecule is COc1ccc2cc(CNC(=O)COc3ccc4c(c3)CCC(=O)N4)ccc2c1. The first kappa shape index (κ1) is 18.8. The Morgan fingerprint density at radius 1 is 1.00 bits per heavy atom. The monoisotopic (exact) mass is 390 g/mol. The van der Waals surface area contributed by atoms with Crippen LogP contribution in [0.15, 0.2) is 54.6 Å². The Kier molecular flexibility index (Phi) is 5.33.